The molecule has 2 heterocycles. The molecule has 4 aromatic rings. The molecule has 0 saturated heterocycles. The minimum absolute atomic E-state index is 0.137. The molecule has 0 saturated carbocycles. The van der Waals surface area contributed by atoms with E-state index in [2.05, 4.69) is 10.3 Å². The van der Waals surface area contributed by atoms with Crippen molar-refractivity contribution in [3.63, 3.8) is 0 Å². The number of nitrogens with one attached hydrogen (secondary N) is 2. The minimum atomic E-state index is -0.495. The average molecular weight is 463 g/mol. The van der Waals surface area contributed by atoms with E-state index in [4.69, 9.17) is 13.9 Å². The fourth-order valence-corrected chi connectivity index (χ4v) is 4.05. The molecule has 2 N–H and O–H groups in total. The Balaban J connectivity index is 1.37. The third kappa shape index (κ3) is 4.96. The van der Waals surface area contributed by atoms with Crippen LogP contribution in [-0.2, 0) is 22.4 Å². The van der Waals surface area contributed by atoms with E-state index >= 15 is 0 Å². The van der Waals surface area contributed by atoms with Gasteiger partial charge in [0.2, 0.25) is 5.91 Å². The van der Waals surface area contributed by atoms with E-state index in [-0.39, 0.29) is 18.7 Å². The number of hydrogen-bond acceptors (Lipinski definition) is 6. The van der Waals surface area contributed by atoms with Crippen molar-refractivity contribution >= 4 is 33.7 Å². The van der Waals surface area contributed by atoms with Crippen LogP contribution in [0.1, 0.15) is 30.0 Å². The van der Waals surface area contributed by atoms with Crippen molar-refractivity contribution in [1.82, 2.24) is 10.3 Å². The summed E-state index contributed by atoms with van der Waals surface area (Å²) in [5, 5.41) is 4.72. The van der Waals surface area contributed by atoms with E-state index in [1.807, 2.05) is 31.3 Å². The Hall–Kier alpha value is -4.07. The highest BCUT2D eigenvalue weighted by Crippen LogP contribution is 2.25. The summed E-state index contributed by atoms with van der Waals surface area (Å²) >= 11 is 0. The third-order valence-electron chi connectivity index (χ3n) is 5.81. The predicted octanol–water partition coefficient (Wildman–Crippen LogP) is 3.81. The van der Waals surface area contributed by atoms with E-state index in [9.17, 15) is 14.4 Å². The first-order chi connectivity index (χ1) is 16.4. The van der Waals surface area contributed by atoms with E-state index < -0.39 is 11.6 Å². The molecule has 176 valence electrons. The second kappa shape index (κ2) is 9.82. The van der Waals surface area contributed by atoms with Gasteiger partial charge in [-0.05, 0) is 61.2 Å². The lowest BCUT2D eigenvalue weighted by Crippen LogP contribution is -2.26. The normalized spacial score (nSPS) is 11.0. The zero-order valence-corrected chi connectivity index (χ0v) is 19.3. The van der Waals surface area contributed by atoms with Gasteiger partial charge < -0.3 is 24.2 Å². The lowest BCUT2D eigenvalue weighted by molar-refractivity contribution is -0.131. The van der Waals surface area contributed by atoms with Crippen LogP contribution in [0.5, 0.6) is 11.5 Å². The molecule has 0 fully saturated rings. The van der Waals surface area contributed by atoms with Gasteiger partial charge in [-0.3, -0.25) is 9.59 Å². The Labute approximate surface area is 195 Å². The van der Waals surface area contributed by atoms with Crippen LogP contribution in [0.15, 0.2) is 51.8 Å². The number of fused-ring (bicyclic) bond motifs is 2. The Morgan fingerprint density at radius 2 is 1.85 bits per heavy atom. The molecular formula is C26H26N2O6. The fourth-order valence-electron chi connectivity index (χ4n) is 4.05. The first-order valence-electron chi connectivity index (χ1n) is 11.0. The molecule has 1 amide bonds. The highest BCUT2D eigenvalue weighted by Gasteiger charge is 2.14. The maximum Gasteiger partial charge on any atom is 0.339 e. The molecule has 2 aromatic carbocycles. The number of methoxy groups -OCH3 is 1. The number of rotatable bonds is 8. The maximum absolute atomic E-state index is 12.5. The van der Waals surface area contributed by atoms with Crippen LogP contribution in [0.4, 0.5) is 0 Å². The molecule has 34 heavy (non-hydrogen) atoms. The quantitative estimate of drug-likeness (QED) is 0.234. The van der Waals surface area contributed by atoms with Crippen LogP contribution in [0.3, 0.4) is 0 Å². The molecule has 0 spiro atoms. The lowest BCUT2D eigenvalue weighted by Gasteiger charge is -2.09. The summed E-state index contributed by atoms with van der Waals surface area (Å²) in [6.45, 7) is 3.61. The van der Waals surface area contributed by atoms with Crippen molar-refractivity contribution in [3.05, 3.63) is 69.7 Å². The van der Waals surface area contributed by atoms with Gasteiger partial charge in [-0.1, -0.05) is 0 Å². The topological polar surface area (TPSA) is 111 Å². The summed E-state index contributed by atoms with van der Waals surface area (Å²) in [7, 11) is 1.63. The third-order valence-corrected chi connectivity index (χ3v) is 5.81. The van der Waals surface area contributed by atoms with Gasteiger partial charge in [-0.25, -0.2) is 4.79 Å². The number of aromatic amines is 1. The van der Waals surface area contributed by atoms with E-state index in [0.29, 0.717) is 29.9 Å². The molecule has 0 bridgehead atoms. The van der Waals surface area contributed by atoms with Crippen molar-refractivity contribution < 1.29 is 23.5 Å². The van der Waals surface area contributed by atoms with Gasteiger partial charge >= 0.3 is 11.6 Å². The number of carbonyl (C=O) groups excluding carboxylic acids is 2. The number of hydrogen-bond donors (Lipinski definition) is 2. The van der Waals surface area contributed by atoms with Crippen molar-refractivity contribution in [2.24, 2.45) is 0 Å². The summed E-state index contributed by atoms with van der Waals surface area (Å²) < 4.78 is 15.8. The summed E-state index contributed by atoms with van der Waals surface area (Å²) in [6, 6.07) is 10.7. The van der Waals surface area contributed by atoms with Crippen LogP contribution in [0.2, 0.25) is 0 Å². The minimum Gasteiger partial charge on any atom is -0.497 e. The fraction of sp³-hybridized carbons (Fsp3) is 0.269. The molecule has 0 radical (unpaired) electrons. The summed E-state index contributed by atoms with van der Waals surface area (Å²) in [5.41, 5.74) is 3.16. The van der Waals surface area contributed by atoms with E-state index in [1.54, 1.807) is 19.2 Å². The van der Waals surface area contributed by atoms with Crippen LogP contribution in [-0.4, -0.2) is 30.5 Å². The van der Waals surface area contributed by atoms with Crippen LogP contribution >= 0.6 is 0 Å². The van der Waals surface area contributed by atoms with Gasteiger partial charge in [0.05, 0.1) is 7.11 Å². The molecular weight excluding hydrogens is 436 g/mol. The number of H-pyrrole nitrogens is 1. The molecule has 0 aliphatic heterocycles. The van der Waals surface area contributed by atoms with Crippen LogP contribution in [0, 0.1) is 6.92 Å². The van der Waals surface area contributed by atoms with Crippen LogP contribution < -0.4 is 20.4 Å². The second-order valence-electron chi connectivity index (χ2n) is 8.07. The average Bonchev–Trinajstić information content (AvgIpc) is 3.20. The summed E-state index contributed by atoms with van der Waals surface area (Å²) in [4.78, 5) is 39.3. The number of aromatic nitrogens is 1. The molecule has 8 heteroatoms. The van der Waals surface area contributed by atoms with E-state index in [1.165, 1.54) is 13.0 Å². The van der Waals surface area contributed by atoms with Gasteiger partial charge in [0.1, 0.15) is 17.1 Å². The zero-order chi connectivity index (χ0) is 24.2. The molecule has 8 nitrogen and oxygen atoms in total. The van der Waals surface area contributed by atoms with Crippen molar-refractivity contribution in [1.29, 1.82) is 0 Å². The largest absolute Gasteiger partial charge is 0.497 e. The van der Waals surface area contributed by atoms with Gasteiger partial charge in [-0.2, -0.15) is 0 Å². The molecule has 0 aliphatic carbocycles. The van der Waals surface area contributed by atoms with Gasteiger partial charge in [0.25, 0.3) is 0 Å². The molecule has 0 unspecified atom stereocenters. The number of aryl methyl sites for hydroxylation is 1. The number of ether oxygens (including phenoxy) is 2. The second-order valence-corrected chi connectivity index (χ2v) is 8.07. The van der Waals surface area contributed by atoms with Crippen molar-refractivity contribution in [3.8, 4) is 11.5 Å². The molecule has 2 aromatic heterocycles. The Morgan fingerprint density at radius 1 is 1.06 bits per heavy atom. The smallest absolute Gasteiger partial charge is 0.339 e. The first kappa shape index (κ1) is 23.1. The lowest BCUT2D eigenvalue weighted by atomic mass is 10.0. The zero-order valence-electron chi connectivity index (χ0n) is 19.3. The molecule has 0 aliphatic rings. The number of carbonyl (C=O) groups is 2. The number of amides is 1. The monoisotopic (exact) mass is 462 g/mol. The number of esters is 1. The van der Waals surface area contributed by atoms with Crippen molar-refractivity contribution in [2.75, 3.05) is 13.7 Å². The molecule has 0 atom stereocenters. The van der Waals surface area contributed by atoms with Crippen molar-refractivity contribution in [2.45, 2.75) is 33.1 Å². The maximum atomic E-state index is 12.5. The summed E-state index contributed by atoms with van der Waals surface area (Å²) in [5.74, 6) is 0.500. The SMILES string of the molecule is COc1ccc2[nH]cc(CCNC(=O)CCc3c(C)c4ccc(OC(C)=O)cc4oc3=O)c2c1. The van der Waals surface area contributed by atoms with E-state index in [0.717, 1.165) is 33.2 Å². The van der Waals surface area contributed by atoms with Gasteiger partial charge in [-0.15, -0.1) is 0 Å². The standard InChI is InChI=1S/C26H26N2O6/c1-15-20-6-4-19(33-16(2)29)13-24(20)34-26(31)21(15)7-9-25(30)27-11-10-17-14-28-23-8-5-18(32-3)12-22(17)23/h4-6,8,12-14,28H,7,9-11H2,1-3H3,(H,27,30). The van der Waals surface area contributed by atoms with Gasteiger partial charge in [0.15, 0.2) is 0 Å². The Kier molecular flexibility index (Phi) is 6.67. The molecule has 4 rings (SSSR count). The number of benzene rings is 2. The summed E-state index contributed by atoms with van der Waals surface area (Å²) in [6.07, 6.45) is 3.05. The van der Waals surface area contributed by atoms with Crippen LogP contribution in [0.25, 0.3) is 21.9 Å². The highest BCUT2D eigenvalue weighted by atomic mass is 16.5. The predicted molar refractivity (Wildman–Crippen MR) is 128 cm³/mol. The first-order valence-corrected chi connectivity index (χ1v) is 11.0. The van der Waals surface area contributed by atoms with Gasteiger partial charge in [0, 0.05) is 54.0 Å². The Morgan fingerprint density at radius 3 is 2.62 bits per heavy atom. The highest BCUT2D eigenvalue weighted by molar-refractivity contribution is 5.85. The Bertz CT molecular complexity index is 1430.